The van der Waals surface area contributed by atoms with E-state index in [1.54, 1.807) is 23.3 Å². The minimum atomic E-state index is -3.28. The molecule has 0 saturated carbocycles. The maximum atomic E-state index is 11.4. The van der Waals surface area contributed by atoms with Gasteiger partial charge >= 0.3 is 0 Å². The molecule has 2 aromatic heterocycles. The van der Waals surface area contributed by atoms with Crippen molar-refractivity contribution < 1.29 is 8.42 Å². The first-order chi connectivity index (χ1) is 7.48. The number of sulfone groups is 1. The lowest BCUT2D eigenvalue weighted by atomic mass is 10.4. The Balaban J connectivity index is 2.37. The van der Waals surface area contributed by atoms with Gasteiger partial charge in [0.1, 0.15) is 0 Å². The van der Waals surface area contributed by atoms with Gasteiger partial charge in [0, 0.05) is 31.9 Å². The van der Waals surface area contributed by atoms with Crippen LogP contribution in [0.25, 0.3) is 0 Å². The molecule has 0 radical (unpaired) electrons. The average molecular weight is 240 g/mol. The van der Waals surface area contributed by atoms with E-state index in [1.165, 1.54) is 6.20 Å². The van der Waals surface area contributed by atoms with Crippen molar-refractivity contribution >= 4 is 9.84 Å². The largest absolute Gasteiger partial charge is 0.336 e. The van der Waals surface area contributed by atoms with E-state index in [1.807, 2.05) is 11.6 Å². The third-order valence-corrected chi connectivity index (χ3v) is 3.26. The summed E-state index contributed by atoms with van der Waals surface area (Å²) >= 11 is 0. The van der Waals surface area contributed by atoms with Gasteiger partial charge in [0.05, 0.1) is 18.6 Å². The second-order valence-electron chi connectivity index (χ2n) is 3.61. The van der Waals surface area contributed by atoms with Crippen LogP contribution >= 0.6 is 0 Å². The van der Waals surface area contributed by atoms with Gasteiger partial charge in [0.25, 0.3) is 0 Å². The molecule has 0 aromatic carbocycles. The highest BCUT2D eigenvalue weighted by Gasteiger charge is 2.15. The van der Waals surface area contributed by atoms with Crippen molar-refractivity contribution in [2.45, 2.75) is 11.7 Å². The average Bonchev–Trinajstić information content (AvgIpc) is 2.76. The van der Waals surface area contributed by atoms with E-state index in [9.17, 15) is 8.42 Å². The summed E-state index contributed by atoms with van der Waals surface area (Å²) < 4.78 is 26.3. The van der Waals surface area contributed by atoms with Crippen molar-refractivity contribution in [3.8, 4) is 0 Å². The van der Waals surface area contributed by atoms with Gasteiger partial charge in [-0.25, -0.2) is 18.4 Å². The molecule has 2 aromatic rings. The Morgan fingerprint density at radius 1 is 1.44 bits per heavy atom. The van der Waals surface area contributed by atoms with Crippen molar-refractivity contribution in [2.75, 3.05) is 6.26 Å². The number of hydrogen-bond acceptors (Lipinski definition) is 4. The topological polar surface area (TPSA) is 69.8 Å². The van der Waals surface area contributed by atoms with E-state index in [0.29, 0.717) is 6.54 Å². The molecule has 86 valence electrons. The molecular weight excluding hydrogens is 228 g/mol. The fraction of sp³-hybridized carbons (Fsp3) is 0.333. The van der Waals surface area contributed by atoms with Crippen LogP contribution in [0.15, 0.2) is 30.1 Å². The first-order valence-corrected chi connectivity index (χ1v) is 6.54. The molecule has 0 aliphatic carbocycles. The number of imidazole rings is 2. The van der Waals surface area contributed by atoms with Crippen LogP contribution in [0.2, 0.25) is 0 Å². The predicted octanol–water partition coefficient (Wildman–Crippen LogP) is 0.0684. The lowest BCUT2D eigenvalue weighted by molar-refractivity contribution is 0.574. The molecule has 0 N–H and O–H groups in total. The van der Waals surface area contributed by atoms with Crippen molar-refractivity contribution in [1.82, 2.24) is 19.1 Å². The number of hydrogen-bond donors (Lipinski definition) is 0. The molecule has 0 fully saturated rings. The minimum absolute atomic E-state index is 0.0775. The standard InChI is InChI=1S/C9H12N4O2S/c1-12-7-10-5-8(12)6-13-4-3-11-9(13)16(2,14)15/h3-5,7H,6H2,1-2H3. The zero-order valence-corrected chi connectivity index (χ0v) is 9.85. The highest BCUT2D eigenvalue weighted by Crippen LogP contribution is 2.09. The summed E-state index contributed by atoms with van der Waals surface area (Å²) in [5, 5.41) is 0.0775. The second kappa shape index (κ2) is 3.75. The van der Waals surface area contributed by atoms with Crippen molar-refractivity contribution in [1.29, 1.82) is 0 Å². The van der Waals surface area contributed by atoms with Crippen LogP contribution in [-0.2, 0) is 23.4 Å². The molecule has 6 nitrogen and oxygen atoms in total. The second-order valence-corrected chi connectivity index (χ2v) is 5.52. The quantitative estimate of drug-likeness (QED) is 0.761. The Hall–Kier alpha value is -1.63. The van der Waals surface area contributed by atoms with Crippen LogP contribution in [0.1, 0.15) is 5.69 Å². The first kappa shape index (κ1) is 10.9. The molecule has 2 heterocycles. The van der Waals surface area contributed by atoms with E-state index in [0.717, 1.165) is 11.9 Å². The van der Waals surface area contributed by atoms with Crippen molar-refractivity contribution in [2.24, 2.45) is 7.05 Å². The minimum Gasteiger partial charge on any atom is -0.336 e. The van der Waals surface area contributed by atoms with Crippen LogP contribution in [0.3, 0.4) is 0 Å². The predicted molar refractivity (Wildman–Crippen MR) is 57.6 cm³/mol. The van der Waals surface area contributed by atoms with Crippen LogP contribution in [-0.4, -0.2) is 33.8 Å². The summed E-state index contributed by atoms with van der Waals surface area (Å²) in [6, 6.07) is 0. The van der Waals surface area contributed by atoms with Crippen LogP contribution in [0, 0.1) is 0 Å². The monoisotopic (exact) mass is 240 g/mol. The van der Waals surface area contributed by atoms with Gasteiger partial charge in [-0.05, 0) is 0 Å². The van der Waals surface area contributed by atoms with Gasteiger partial charge in [-0.15, -0.1) is 0 Å². The molecule has 0 saturated heterocycles. The summed E-state index contributed by atoms with van der Waals surface area (Å²) in [4.78, 5) is 7.82. The molecule has 0 spiro atoms. The highest BCUT2D eigenvalue weighted by atomic mass is 32.2. The summed E-state index contributed by atoms with van der Waals surface area (Å²) in [7, 11) is -1.42. The third-order valence-electron chi connectivity index (χ3n) is 2.26. The molecule has 0 aliphatic heterocycles. The molecule has 2 rings (SSSR count). The number of aromatic nitrogens is 4. The SMILES string of the molecule is Cn1cncc1Cn1ccnc1S(C)(=O)=O. The van der Waals surface area contributed by atoms with E-state index in [-0.39, 0.29) is 5.16 Å². The molecule has 0 atom stereocenters. The zero-order chi connectivity index (χ0) is 11.8. The molecule has 0 unspecified atom stereocenters. The zero-order valence-electron chi connectivity index (χ0n) is 9.03. The maximum absolute atomic E-state index is 11.4. The lowest BCUT2D eigenvalue weighted by Crippen LogP contribution is -2.11. The fourth-order valence-corrected chi connectivity index (χ4v) is 2.26. The number of rotatable bonds is 3. The summed E-state index contributed by atoms with van der Waals surface area (Å²) in [6.45, 7) is 0.443. The van der Waals surface area contributed by atoms with Crippen LogP contribution < -0.4 is 0 Å². The van der Waals surface area contributed by atoms with Gasteiger partial charge in [0.15, 0.2) is 0 Å². The van der Waals surface area contributed by atoms with Crippen molar-refractivity contribution in [3.63, 3.8) is 0 Å². The van der Waals surface area contributed by atoms with E-state index in [2.05, 4.69) is 9.97 Å². The van der Waals surface area contributed by atoms with E-state index >= 15 is 0 Å². The summed E-state index contributed by atoms with van der Waals surface area (Å²) in [5.74, 6) is 0. The Bertz CT molecular complexity index is 597. The molecule has 0 bridgehead atoms. The third kappa shape index (κ3) is 1.99. The molecule has 0 aliphatic rings. The normalized spacial score (nSPS) is 11.9. The van der Waals surface area contributed by atoms with Crippen LogP contribution in [0.4, 0.5) is 0 Å². The number of aryl methyl sites for hydroxylation is 1. The Morgan fingerprint density at radius 3 is 2.75 bits per heavy atom. The van der Waals surface area contributed by atoms with E-state index < -0.39 is 9.84 Å². The van der Waals surface area contributed by atoms with Crippen LogP contribution in [0.5, 0.6) is 0 Å². The van der Waals surface area contributed by atoms with E-state index in [4.69, 9.17) is 0 Å². The van der Waals surface area contributed by atoms with Gasteiger partial charge in [-0.2, -0.15) is 0 Å². The number of nitrogens with zero attached hydrogens (tertiary/aromatic N) is 4. The van der Waals surface area contributed by atoms with Gasteiger partial charge in [-0.3, -0.25) is 0 Å². The molecule has 0 amide bonds. The molecular formula is C9H12N4O2S. The summed E-state index contributed by atoms with van der Waals surface area (Å²) in [6.07, 6.45) is 7.64. The Labute approximate surface area is 93.5 Å². The highest BCUT2D eigenvalue weighted by molar-refractivity contribution is 7.90. The maximum Gasteiger partial charge on any atom is 0.227 e. The Kier molecular flexibility index (Phi) is 2.55. The van der Waals surface area contributed by atoms with Crippen molar-refractivity contribution in [3.05, 3.63) is 30.6 Å². The Morgan fingerprint density at radius 2 is 2.19 bits per heavy atom. The first-order valence-electron chi connectivity index (χ1n) is 4.65. The van der Waals surface area contributed by atoms with Gasteiger partial charge in [0.2, 0.25) is 15.0 Å². The van der Waals surface area contributed by atoms with Gasteiger partial charge < -0.3 is 9.13 Å². The molecule has 16 heavy (non-hydrogen) atoms. The molecule has 7 heteroatoms. The fourth-order valence-electron chi connectivity index (χ4n) is 1.46. The summed E-state index contributed by atoms with van der Waals surface area (Å²) in [5.41, 5.74) is 0.919. The van der Waals surface area contributed by atoms with Gasteiger partial charge in [-0.1, -0.05) is 0 Å². The smallest absolute Gasteiger partial charge is 0.227 e. The lowest BCUT2D eigenvalue weighted by Gasteiger charge is -2.06.